The van der Waals surface area contributed by atoms with Crippen LogP contribution in [0.4, 0.5) is 11.4 Å². The molecule has 4 nitrogen and oxygen atoms in total. The Morgan fingerprint density at radius 3 is 2.42 bits per heavy atom. The molecule has 4 heteroatoms. The van der Waals surface area contributed by atoms with Crippen molar-refractivity contribution in [3.05, 3.63) is 67.7 Å². The van der Waals surface area contributed by atoms with E-state index in [0.29, 0.717) is 0 Å². The predicted molar refractivity (Wildman–Crippen MR) is 109 cm³/mol. The van der Waals surface area contributed by atoms with Gasteiger partial charge in [-0.15, -0.1) is 0 Å². The normalized spacial score (nSPS) is 14.8. The quantitative estimate of drug-likeness (QED) is 0.621. The van der Waals surface area contributed by atoms with Gasteiger partial charge in [0.15, 0.2) is 5.71 Å². The molecule has 26 heavy (non-hydrogen) atoms. The van der Waals surface area contributed by atoms with Crippen LogP contribution in [-0.4, -0.2) is 31.6 Å². The van der Waals surface area contributed by atoms with Crippen molar-refractivity contribution in [3.8, 4) is 11.5 Å². The molecule has 0 aliphatic carbocycles. The molecule has 138 valence electrons. The third kappa shape index (κ3) is 3.32. The average Bonchev–Trinajstić information content (AvgIpc) is 2.82. The summed E-state index contributed by atoms with van der Waals surface area (Å²) in [6.45, 7) is 4.51. The lowest BCUT2D eigenvalue weighted by atomic mass is 9.81. The van der Waals surface area contributed by atoms with E-state index in [1.807, 2.05) is 24.4 Å². The Labute approximate surface area is 156 Å². The van der Waals surface area contributed by atoms with Crippen LogP contribution in [0.3, 0.4) is 0 Å². The van der Waals surface area contributed by atoms with Gasteiger partial charge in [0.05, 0.1) is 25.3 Å². The molecule has 1 aliphatic heterocycles. The van der Waals surface area contributed by atoms with Crippen molar-refractivity contribution in [1.82, 2.24) is 0 Å². The number of ether oxygens (including phenoxy) is 2. The molecule has 0 radical (unpaired) electrons. The highest BCUT2D eigenvalue weighted by molar-refractivity contribution is 6.03. The molecule has 0 fully saturated rings. The van der Waals surface area contributed by atoms with Crippen LogP contribution in [0.1, 0.15) is 19.4 Å². The monoisotopic (exact) mass is 352 g/mol. The third-order valence-corrected chi connectivity index (χ3v) is 4.83. The topological polar surface area (TPSA) is 33.5 Å². The molecule has 0 bridgehead atoms. The lowest BCUT2D eigenvalue weighted by Gasteiger charge is -2.15. The van der Waals surface area contributed by atoms with Crippen LogP contribution in [0.2, 0.25) is 0 Å². The van der Waals surface area contributed by atoms with E-state index in [1.54, 1.807) is 14.2 Å². The summed E-state index contributed by atoms with van der Waals surface area (Å²) in [4.78, 5) is 0. The molecule has 0 saturated carbocycles. The van der Waals surface area contributed by atoms with Crippen LogP contribution in [0, 0.1) is 7.43 Å². The van der Waals surface area contributed by atoms with E-state index >= 15 is 0 Å². The second kappa shape index (κ2) is 7.65. The number of rotatable bonds is 5. The highest BCUT2D eigenvalue weighted by Crippen LogP contribution is 2.39. The van der Waals surface area contributed by atoms with Crippen LogP contribution in [0.15, 0.2) is 54.7 Å². The van der Waals surface area contributed by atoms with E-state index in [2.05, 4.69) is 61.1 Å². The highest BCUT2D eigenvalue weighted by atomic mass is 16.5. The standard InChI is InChI=1S/C21H24N2O2.CH3/c1-21(2)16-8-6-7-9-18(16)23(3)20(21)12-13-22-17-11-10-15(24-4)14-19(17)25-5;/h6-14H,1-5H3;1H3/q;-1/p+1. The first-order chi connectivity index (χ1) is 12.0. The Kier molecular flexibility index (Phi) is 5.76. The molecular weight excluding hydrogens is 324 g/mol. The fraction of sp³-hybridized carbons (Fsp3) is 0.273. The SMILES string of the molecule is COc1ccc(N/C=C/C2=[N+](C)c3ccccc3C2(C)C)c(OC)c1.[CH3-]. The number of nitrogens with zero attached hydrogens (tertiary/aromatic N) is 1. The van der Waals surface area contributed by atoms with Gasteiger partial charge in [-0.1, -0.05) is 18.2 Å². The van der Waals surface area contributed by atoms with Gasteiger partial charge < -0.3 is 22.2 Å². The number of methoxy groups -OCH3 is 2. The van der Waals surface area contributed by atoms with Crippen molar-refractivity contribution in [1.29, 1.82) is 0 Å². The van der Waals surface area contributed by atoms with Crippen LogP contribution in [-0.2, 0) is 5.41 Å². The second-order valence-electron chi connectivity index (χ2n) is 6.63. The largest absolute Gasteiger partial charge is 0.497 e. The molecule has 0 unspecified atom stereocenters. The van der Waals surface area contributed by atoms with Gasteiger partial charge in [-0.2, -0.15) is 4.58 Å². The van der Waals surface area contributed by atoms with E-state index in [9.17, 15) is 0 Å². The number of nitrogens with one attached hydrogen (secondary N) is 1. The summed E-state index contributed by atoms with van der Waals surface area (Å²) in [6, 6.07) is 14.3. The molecule has 0 spiro atoms. The lowest BCUT2D eigenvalue weighted by Crippen LogP contribution is -2.26. The molecule has 0 amide bonds. The number of benzene rings is 2. The summed E-state index contributed by atoms with van der Waals surface area (Å²) < 4.78 is 12.9. The molecule has 0 aromatic heterocycles. The average molecular weight is 352 g/mol. The van der Waals surface area contributed by atoms with Gasteiger partial charge >= 0.3 is 0 Å². The van der Waals surface area contributed by atoms with Gasteiger partial charge in [0.2, 0.25) is 5.69 Å². The molecule has 2 aromatic rings. The van der Waals surface area contributed by atoms with Crippen LogP contribution in [0.25, 0.3) is 0 Å². The van der Waals surface area contributed by atoms with E-state index in [1.165, 1.54) is 17.0 Å². The number of allylic oxidation sites excluding steroid dienone is 1. The maximum absolute atomic E-state index is 5.43. The fourth-order valence-corrected chi connectivity index (χ4v) is 3.43. The van der Waals surface area contributed by atoms with Crippen LogP contribution >= 0.6 is 0 Å². The Balaban J connectivity index is 0.00000243. The van der Waals surface area contributed by atoms with Crippen LogP contribution < -0.4 is 14.8 Å². The van der Waals surface area contributed by atoms with Crippen molar-refractivity contribution in [2.45, 2.75) is 19.3 Å². The zero-order valence-corrected chi connectivity index (χ0v) is 16.5. The van der Waals surface area contributed by atoms with Crippen molar-refractivity contribution in [2.24, 2.45) is 0 Å². The van der Waals surface area contributed by atoms with Gasteiger partial charge in [-0.25, -0.2) is 0 Å². The molecule has 1 N–H and O–H groups in total. The highest BCUT2D eigenvalue weighted by Gasteiger charge is 2.42. The zero-order chi connectivity index (χ0) is 18.0. The number of anilines is 1. The molecule has 0 atom stereocenters. The molecule has 1 aliphatic rings. The third-order valence-electron chi connectivity index (χ3n) is 4.83. The predicted octanol–water partition coefficient (Wildman–Crippen LogP) is 4.79. The lowest BCUT2D eigenvalue weighted by molar-refractivity contribution is -0.401. The molecular formula is C22H28N2O2. The number of fused-ring (bicyclic) bond motifs is 1. The minimum Gasteiger partial charge on any atom is -0.497 e. The molecule has 1 heterocycles. The van der Waals surface area contributed by atoms with Gasteiger partial charge in [-0.3, -0.25) is 0 Å². The number of hydrogen-bond acceptors (Lipinski definition) is 3. The van der Waals surface area contributed by atoms with Gasteiger partial charge in [-0.05, 0) is 26.0 Å². The minimum absolute atomic E-state index is 0. The first-order valence-electron chi connectivity index (χ1n) is 8.35. The van der Waals surface area contributed by atoms with Crippen molar-refractivity contribution in [3.63, 3.8) is 0 Å². The van der Waals surface area contributed by atoms with Crippen molar-refractivity contribution >= 4 is 17.1 Å². The molecule has 2 aromatic carbocycles. The van der Waals surface area contributed by atoms with E-state index < -0.39 is 0 Å². The minimum atomic E-state index is -0.0342. The Hall–Kier alpha value is -2.75. The Bertz CT molecular complexity index is 851. The molecule has 3 rings (SSSR count). The van der Waals surface area contributed by atoms with Gasteiger partial charge in [0.1, 0.15) is 18.5 Å². The zero-order valence-electron chi connectivity index (χ0n) is 16.5. The van der Waals surface area contributed by atoms with E-state index in [4.69, 9.17) is 9.47 Å². The smallest absolute Gasteiger partial charge is 0.209 e. The van der Waals surface area contributed by atoms with E-state index in [0.717, 1.165) is 17.2 Å². The maximum Gasteiger partial charge on any atom is 0.209 e. The summed E-state index contributed by atoms with van der Waals surface area (Å²) in [7, 11) is 5.41. The fourth-order valence-electron chi connectivity index (χ4n) is 3.43. The number of hydrogen-bond donors (Lipinski definition) is 1. The summed E-state index contributed by atoms with van der Waals surface area (Å²) in [5, 5.41) is 3.32. The van der Waals surface area contributed by atoms with Gasteiger partial charge in [0.25, 0.3) is 0 Å². The first kappa shape index (κ1) is 19.6. The van der Waals surface area contributed by atoms with E-state index in [-0.39, 0.29) is 12.8 Å². The van der Waals surface area contributed by atoms with Gasteiger partial charge in [0, 0.05) is 30.0 Å². The summed E-state index contributed by atoms with van der Waals surface area (Å²) in [5.41, 5.74) is 4.71. The summed E-state index contributed by atoms with van der Waals surface area (Å²) >= 11 is 0. The van der Waals surface area contributed by atoms with Crippen LogP contribution in [0.5, 0.6) is 11.5 Å². The Morgan fingerprint density at radius 1 is 1.04 bits per heavy atom. The number of para-hydroxylation sites is 1. The van der Waals surface area contributed by atoms with Crippen molar-refractivity contribution < 1.29 is 14.0 Å². The first-order valence-corrected chi connectivity index (χ1v) is 8.35. The molecule has 0 saturated heterocycles. The summed E-state index contributed by atoms with van der Waals surface area (Å²) in [5.74, 6) is 1.52. The second-order valence-corrected chi connectivity index (χ2v) is 6.63. The summed E-state index contributed by atoms with van der Waals surface area (Å²) in [6.07, 6.45) is 4.09. The van der Waals surface area contributed by atoms with Crippen molar-refractivity contribution in [2.75, 3.05) is 26.6 Å². The maximum atomic E-state index is 5.43. The Morgan fingerprint density at radius 2 is 1.77 bits per heavy atom.